The molecule has 0 bridgehead atoms. The fourth-order valence-corrected chi connectivity index (χ4v) is 3.06. The Morgan fingerprint density at radius 1 is 1.38 bits per heavy atom. The van der Waals surface area contributed by atoms with Gasteiger partial charge in [-0.3, -0.25) is 4.79 Å². The van der Waals surface area contributed by atoms with Gasteiger partial charge >= 0.3 is 0 Å². The monoisotopic (exact) mass is 345 g/mol. The number of aromatic nitrogens is 2. The average molecular weight is 346 g/mol. The van der Waals surface area contributed by atoms with Crippen LogP contribution < -0.4 is 5.32 Å². The molecule has 126 valence electrons. The van der Waals surface area contributed by atoms with E-state index < -0.39 is 0 Å². The van der Waals surface area contributed by atoms with E-state index in [1.165, 1.54) is 12.8 Å². The number of carbonyl (C=O) groups is 1. The molecule has 1 saturated carbocycles. The van der Waals surface area contributed by atoms with Crippen LogP contribution in [0.2, 0.25) is 5.02 Å². The van der Waals surface area contributed by atoms with Crippen molar-refractivity contribution in [3.63, 3.8) is 0 Å². The molecule has 1 amide bonds. The molecule has 0 spiro atoms. The van der Waals surface area contributed by atoms with Gasteiger partial charge in [0.25, 0.3) is 5.89 Å². The molecule has 1 heterocycles. The van der Waals surface area contributed by atoms with Crippen molar-refractivity contribution >= 4 is 29.2 Å². The molecule has 1 N–H and O–H groups in total. The van der Waals surface area contributed by atoms with Crippen LogP contribution in [0.4, 0.5) is 0 Å². The number of hydrogen-bond donors (Lipinski definition) is 1. The van der Waals surface area contributed by atoms with E-state index in [9.17, 15) is 4.79 Å². The highest BCUT2D eigenvalue weighted by molar-refractivity contribution is 6.32. The van der Waals surface area contributed by atoms with Gasteiger partial charge in [0.2, 0.25) is 5.91 Å². The Labute approximate surface area is 146 Å². The van der Waals surface area contributed by atoms with E-state index in [4.69, 9.17) is 16.1 Å². The molecule has 6 heteroatoms. The standard InChI is InChI=1S/C18H20ClN3O2/c1-12(10-13-6-2-5-9-15(13)19)18-21-16(22-24-18)11-17(23)20-14-7-3-4-8-14/h2,5-6,9-10,14H,3-4,7-8,11H2,1H3,(H,20,23)/b12-10+. The smallest absolute Gasteiger partial charge is 0.253 e. The van der Waals surface area contributed by atoms with E-state index in [1.54, 1.807) is 0 Å². The Morgan fingerprint density at radius 3 is 2.88 bits per heavy atom. The Bertz CT molecular complexity index is 748. The average Bonchev–Trinajstić information content (AvgIpc) is 3.21. The quantitative estimate of drug-likeness (QED) is 0.892. The van der Waals surface area contributed by atoms with E-state index in [1.807, 2.05) is 37.3 Å². The lowest BCUT2D eigenvalue weighted by molar-refractivity contribution is -0.121. The second-order valence-electron chi connectivity index (χ2n) is 6.09. The van der Waals surface area contributed by atoms with Crippen LogP contribution in [0.25, 0.3) is 11.6 Å². The minimum Gasteiger partial charge on any atom is -0.353 e. The molecule has 2 aromatic rings. The molecule has 3 rings (SSSR count). The summed E-state index contributed by atoms with van der Waals surface area (Å²) < 4.78 is 5.26. The van der Waals surface area contributed by atoms with Crippen molar-refractivity contribution in [1.29, 1.82) is 0 Å². The SMILES string of the molecule is C/C(=C\c1ccccc1Cl)c1nc(CC(=O)NC2CCCC2)no1. The van der Waals surface area contributed by atoms with Gasteiger partial charge in [0.05, 0.1) is 6.42 Å². The molecule has 0 aliphatic heterocycles. The van der Waals surface area contributed by atoms with Crippen LogP contribution in [-0.4, -0.2) is 22.1 Å². The third kappa shape index (κ3) is 4.23. The third-order valence-corrected chi connectivity index (χ3v) is 4.47. The molecular weight excluding hydrogens is 326 g/mol. The molecule has 1 aliphatic carbocycles. The summed E-state index contributed by atoms with van der Waals surface area (Å²) >= 11 is 6.15. The number of allylic oxidation sites excluding steroid dienone is 1. The van der Waals surface area contributed by atoms with Crippen molar-refractivity contribution < 1.29 is 9.32 Å². The second kappa shape index (κ2) is 7.62. The first-order valence-corrected chi connectivity index (χ1v) is 8.55. The molecule has 0 saturated heterocycles. The zero-order valence-electron chi connectivity index (χ0n) is 13.6. The number of halogens is 1. The van der Waals surface area contributed by atoms with Crippen molar-refractivity contribution in [3.05, 3.63) is 46.6 Å². The Morgan fingerprint density at radius 2 is 2.12 bits per heavy atom. The first-order chi connectivity index (χ1) is 11.6. The molecule has 1 aromatic carbocycles. The van der Waals surface area contributed by atoms with Crippen LogP contribution >= 0.6 is 11.6 Å². The van der Waals surface area contributed by atoms with Gasteiger partial charge in [-0.25, -0.2) is 0 Å². The van der Waals surface area contributed by atoms with Crippen molar-refractivity contribution in [2.45, 2.75) is 45.1 Å². The van der Waals surface area contributed by atoms with Crippen molar-refractivity contribution in [1.82, 2.24) is 15.5 Å². The molecule has 1 fully saturated rings. The van der Waals surface area contributed by atoms with Gasteiger partial charge in [-0.05, 0) is 37.5 Å². The van der Waals surface area contributed by atoms with Crippen LogP contribution in [0, 0.1) is 0 Å². The summed E-state index contributed by atoms with van der Waals surface area (Å²) in [6.07, 6.45) is 6.51. The predicted molar refractivity (Wildman–Crippen MR) is 93.4 cm³/mol. The maximum Gasteiger partial charge on any atom is 0.253 e. The van der Waals surface area contributed by atoms with Gasteiger partial charge in [0.1, 0.15) is 0 Å². The zero-order valence-corrected chi connectivity index (χ0v) is 14.3. The fraction of sp³-hybridized carbons (Fsp3) is 0.389. The number of benzene rings is 1. The normalized spacial score (nSPS) is 15.7. The van der Waals surface area contributed by atoms with Gasteiger partial charge in [-0.1, -0.05) is 47.8 Å². The summed E-state index contributed by atoms with van der Waals surface area (Å²) in [6, 6.07) is 7.83. The van der Waals surface area contributed by atoms with E-state index in [0.717, 1.165) is 24.0 Å². The number of nitrogens with one attached hydrogen (secondary N) is 1. The summed E-state index contributed by atoms with van der Waals surface area (Å²) in [7, 11) is 0. The van der Waals surface area contributed by atoms with Crippen LogP contribution in [0.3, 0.4) is 0 Å². The summed E-state index contributed by atoms with van der Waals surface area (Å²) in [6.45, 7) is 1.87. The summed E-state index contributed by atoms with van der Waals surface area (Å²) in [5.74, 6) is 0.743. The summed E-state index contributed by atoms with van der Waals surface area (Å²) in [4.78, 5) is 16.3. The first kappa shape index (κ1) is 16.7. The lowest BCUT2D eigenvalue weighted by Gasteiger charge is -2.10. The molecule has 1 aliphatic rings. The molecule has 5 nitrogen and oxygen atoms in total. The number of nitrogens with zero attached hydrogens (tertiary/aromatic N) is 2. The number of rotatable bonds is 5. The number of amides is 1. The number of hydrogen-bond acceptors (Lipinski definition) is 4. The fourth-order valence-electron chi connectivity index (χ4n) is 2.87. The Hall–Kier alpha value is -2.14. The highest BCUT2D eigenvalue weighted by atomic mass is 35.5. The van der Waals surface area contributed by atoms with E-state index >= 15 is 0 Å². The molecule has 24 heavy (non-hydrogen) atoms. The van der Waals surface area contributed by atoms with Gasteiger partial charge in [0, 0.05) is 16.6 Å². The van der Waals surface area contributed by atoms with Gasteiger partial charge in [-0.15, -0.1) is 0 Å². The van der Waals surface area contributed by atoms with Gasteiger partial charge < -0.3 is 9.84 Å². The topological polar surface area (TPSA) is 68.0 Å². The van der Waals surface area contributed by atoms with Gasteiger partial charge in [-0.2, -0.15) is 4.98 Å². The van der Waals surface area contributed by atoms with Crippen LogP contribution in [0.1, 0.15) is 49.9 Å². The van der Waals surface area contributed by atoms with Crippen LogP contribution in [-0.2, 0) is 11.2 Å². The molecular formula is C18H20ClN3O2. The van der Waals surface area contributed by atoms with E-state index in [2.05, 4.69) is 15.5 Å². The minimum atomic E-state index is -0.0537. The highest BCUT2D eigenvalue weighted by Crippen LogP contribution is 2.22. The number of carbonyl (C=O) groups excluding carboxylic acids is 1. The zero-order chi connectivity index (χ0) is 16.9. The predicted octanol–water partition coefficient (Wildman–Crippen LogP) is 3.88. The van der Waals surface area contributed by atoms with Crippen molar-refractivity contribution in [2.75, 3.05) is 0 Å². The van der Waals surface area contributed by atoms with E-state index in [0.29, 0.717) is 22.8 Å². The van der Waals surface area contributed by atoms with E-state index in [-0.39, 0.29) is 12.3 Å². The second-order valence-corrected chi connectivity index (χ2v) is 6.50. The van der Waals surface area contributed by atoms with Crippen LogP contribution in [0.5, 0.6) is 0 Å². The lowest BCUT2D eigenvalue weighted by atomic mass is 10.1. The van der Waals surface area contributed by atoms with Gasteiger partial charge in [0.15, 0.2) is 5.82 Å². The first-order valence-electron chi connectivity index (χ1n) is 8.17. The molecule has 0 unspecified atom stereocenters. The summed E-state index contributed by atoms with van der Waals surface area (Å²) in [5, 5.41) is 7.58. The minimum absolute atomic E-state index is 0.0537. The maximum atomic E-state index is 12.0. The summed E-state index contributed by atoms with van der Waals surface area (Å²) in [5.41, 5.74) is 1.69. The molecule has 1 aromatic heterocycles. The van der Waals surface area contributed by atoms with Crippen LogP contribution in [0.15, 0.2) is 28.8 Å². The lowest BCUT2D eigenvalue weighted by Crippen LogP contribution is -2.33. The Balaban J connectivity index is 1.64. The largest absolute Gasteiger partial charge is 0.353 e. The Kier molecular flexibility index (Phi) is 5.30. The highest BCUT2D eigenvalue weighted by Gasteiger charge is 2.19. The van der Waals surface area contributed by atoms with Crippen molar-refractivity contribution in [3.8, 4) is 0 Å². The molecule has 0 radical (unpaired) electrons. The maximum absolute atomic E-state index is 12.0. The van der Waals surface area contributed by atoms with Crippen molar-refractivity contribution in [2.24, 2.45) is 0 Å². The third-order valence-electron chi connectivity index (χ3n) is 4.12. The molecule has 0 atom stereocenters.